The van der Waals surface area contributed by atoms with Crippen molar-refractivity contribution in [1.82, 2.24) is 14.4 Å². The lowest BCUT2D eigenvalue weighted by Crippen LogP contribution is -2.33. The van der Waals surface area contributed by atoms with Gasteiger partial charge in [-0.15, -0.1) is 0 Å². The highest BCUT2D eigenvalue weighted by atomic mass is 32.2. The Balaban J connectivity index is 1.52. The molecule has 2 heterocycles. The molecule has 1 aliphatic carbocycles. The molecule has 1 saturated carbocycles. The molecule has 4 rings (SSSR count). The van der Waals surface area contributed by atoms with E-state index in [9.17, 15) is 17.2 Å². The summed E-state index contributed by atoms with van der Waals surface area (Å²) in [6.07, 6.45) is 1.72. The molecule has 2 fully saturated rings. The summed E-state index contributed by atoms with van der Waals surface area (Å²) < 4.78 is 73.1. The summed E-state index contributed by atoms with van der Waals surface area (Å²) in [7, 11) is -4.03. The second-order valence-corrected chi connectivity index (χ2v) is 8.74. The van der Waals surface area contributed by atoms with Gasteiger partial charge in [-0.25, -0.2) is 21.6 Å². The first kappa shape index (κ1) is 17.5. The largest absolute Gasteiger partial charge is 0.336 e. The molecule has 0 amide bonds. The molecule has 140 valence electrons. The first-order valence-electron chi connectivity index (χ1n) is 8.22. The van der Waals surface area contributed by atoms with Crippen LogP contribution in [0.1, 0.15) is 42.5 Å². The van der Waals surface area contributed by atoms with E-state index in [2.05, 4.69) is 10.1 Å². The molecule has 1 atom stereocenters. The molecule has 26 heavy (non-hydrogen) atoms. The Bertz CT molecular complexity index is 945. The zero-order chi connectivity index (χ0) is 18.5. The molecule has 1 unspecified atom stereocenters. The van der Waals surface area contributed by atoms with Gasteiger partial charge in [-0.2, -0.15) is 9.29 Å². The third-order valence-electron chi connectivity index (χ3n) is 4.69. The minimum Gasteiger partial charge on any atom is -0.336 e. The zero-order valence-electron chi connectivity index (χ0n) is 13.7. The molecule has 0 spiro atoms. The third-order valence-corrected chi connectivity index (χ3v) is 6.47. The molecule has 6 nitrogen and oxygen atoms in total. The molecule has 1 aromatic carbocycles. The molecule has 2 aromatic rings. The molecule has 0 bridgehead atoms. The van der Waals surface area contributed by atoms with Crippen LogP contribution in [0.15, 0.2) is 22.7 Å². The number of aromatic nitrogens is 2. The number of alkyl halides is 1. The van der Waals surface area contributed by atoms with Crippen LogP contribution in [0.5, 0.6) is 0 Å². The Morgan fingerprint density at radius 2 is 2.08 bits per heavy atom. The minimum atomic E-state index is -4.03. The highest BCUT2D eigenvalue weighted by molar-refractivity contribution is 7.88. The van der Waals surface area contributed by atoms with Gasteiger partial charge in [0, 0.05) is 24.4 Å². The average molecular weight is 387 g/mol. The van der Waals surface area contributed by atoms with Crippen molar-refractivity contribution in [3.8, 4) is 0 Å². The Kier molecular flexibility index (Phi) is 4.07. The van der Waals surface area contributed by atoms with Crippen molar-refractivity contribution < 1.29 is 26.1 Å². The van der Waals surface area contributed by atoms with Gasteiger partial charge in [0.05, 0.1) is 12.3 Å². The van der Waals surface area contributed by atoms with Crippen molar-refractivity contribution >= 4 is 10.0 Å². The number of sulfonamides is 1. The summed E-state index contributed by atoms with van der Waals surface area (Å²) in [5.74, 6) is -1.91. The molecular formula is C16H16F3N3O3S. The van der Waals surface area contributed by atoms with Crippen molar-refractivity contribution in [2.24, 2.45) is 0 Å². The van der Waals surface area contributed by atoms with Gasteiger partial charge in [0.1, 0.15) is 11.6 Å². The summed E-state index contributed by atoms with van der Waals surface area (Å²) in [4.78, 5) is 4.07. The third kappa shape index (κ3) is 3.23. The highest BCUT2D eigenvalue weighted by Gasteiger charge is 2.49. The zero-order valence-corrected chi connectivity index (χ0v) is 14.5. The SMILES string of the molecule is O=S(=O)(Cc1cc(F)ccc1F)N1CCC(F)(c2nc(C3CC3)no2)C1. The summed E-state index contributed by atoms with van der Waals surface area (Å²) in [6.45, 7) is -0.588. The van der Waals surface area contributed by atoms with Crippen LogP contribution < -0.4 is 0 Å². The van der Waals surface area contributed by atoms with Crippen molar-refractivity contribution in [1.29, 1.82) is 0 Å². The fourth-order valence-electron chi connectivity index (χ4n) is 3.02. The number of nitrogens with zero attached hydrogens (tertiary/aromatic N) is 3. The Hall–Kier alpha value is -1.94. The predicted molar refractivity (Wildman–Crippen MR) is 84.2 cm³/mol. The van der Waals surface area contributed by atoms with E-state index in [1.807, 2.05) is 0 Å². The monoisotopic (exact) mass is 387 g/mol. The molecule has 1 saturated heterocycles. The van der Waals surface area contributed by atoms with Crippen LogP contribution in [0.2, 0.25) is 0 Å². The molecule has 2 aliphatic rings. The number of benzene rings is 1. The van der Waals surface area contributed by atoms with E-state index in [1.165, 1.54) is 0 Å². The van der Waals surface area contributed by atoms with E-state index < -0.39 is 39.6 Å². The molecule has 0 N–H and O–H groups in total. The molecule has 1 aromatic heterocycles. The van der Waals surface area contributed by atoms with Gasteiger partial charge in [-0.05, 0) is 31.0 Å². The van der Waals surface area contributed by atoms with Gasteiger partial charge < -0.3 is 4.52 Å². The number of halogens is 3. The van der Waals surface area contributed by atoms with Crippen molar-refractivity contribution in [2.45, 2.75) is 36.6 Å². The lowest BCUT2D eigenvalue weighted by molar-refractivity contribution is 0.127. The van der Waals surface area contributed by atoms with Gasteiger partial charge in [0.25, 0.3) is 5.89 Å². The fraction of sp³-hybridized carbons (Fsp3) is 0.500. The smallest absolute Gasteiger partial charge is 0.265 e. The van der Waals surface area contributed by atoms with Crippen LogP contribution in [0.25, 0.3) is 0 Å². The first-order chi connectivity index (χ1) is 12.3. The van der Waals surface area contributed by atoms with E-state index >= 15 is 4.39 Å². The first-order valence-corrected chi connectivity index (χ1v) is 9.82. The Morgan fingerprint density at radius 1 is 1.31 bits per heavy atom. The summed E-state index contributed by atoms with van der Waals surface area (Å²) in [5, 5.41) is 3.76. The average Bonchev–Trinajstić information content (AvgIpc) is 3.14. The number of hydrogen-bond donors (Lipinski definition) is 0. The predicted octanol–water partition coefficient (Wildman–Crippen LogP) is 2.63. The van der Waals surface area contributed by atoms with Crippen LogP contribution in [0.3, 0.4) is 0 Å². The van der Waals surface area contributed by atoms with Crippen molar-refractivity contribution in [2.75, 3.05) is 13.1 Å². The van der Waals surface area contributed by atoms with Gasteiger partial charge in [-0.3, -0.25) is 0 Å². The van der Waals surface area contributed by atoms with Crippen LogP contribution in [0, 0.1) is 11.6 Å². The molecule has 0 radical (unpaired) electrons. The standard InChI is InChI=1S/C16H16F3N3O3S/c17-12-3-4-13(18)11(7-12)8-26(23,24)22-6-5-16(19,9-22)15-20-14(21-25-15)10-1-2-10/h3-4,7,10H,1-2,5-6,8-9H2. The lowest BCUT2D eigenvalue weighted by Gasteiger charge is -2.18. The maximum absolute atomic E-state index is 15.2. The normalized spacial score (nSPS) is 24.3. The molecular weight excluding hydrogens is 371 g/mol. The van der Waals surface area contributed by atoms with Crippen LogP contribution in [-0.4, -0.2) is 36.0 Å². The Morgan fingerprint density at radius 3 is 2.81 bits per heavy atom. The minimum absolute atomic E-state index is 0.100. The van der Waals surface area contributed by atoms with E-state index in [0.29, 0.717) is 5.82 Å². The van der Waals surface area contributed by atoms with Crippen LogP contribution in [-0.2, 0) is 21.4 Å². The highest BCUT2D eigenvalue weighted by Crippen LogP contribution is 2.41. The van der Waals surface area contributed by atoms with Gasteiger partial charge in [-0.1, -0.05) is 5.16 Å². The van der Waals surface area contributed by atoms with E-state index in [1.54, 1.807) is 0 Å². The maximum Gasteiger partial charge on any atom is 0.265 e. The number of rotatable bonds is 5. The quantitative estimate of drug-likeness (QED) is 0.788. The second-order valence-electron chi connectivity index (χ2n) is 6.77. The van der Waals surface area contributed by atoms with Crippen LogP contribution in [0.4, 0.5) is 13.2 Å². The number of hydrogen-bond acceptors (Lipinski definition) is 5. The summed E-state index contributed by atoms with van der Waals surface area (Å²) in [6, 6.07) is 2.59. The fourth-order valence-corrected chi connectivity index (χ4v) is 4.59. The summed E-state index contributed by atoms with van der Waals surface area (Å²) in [5.41, 5.74) is -2.37. The van der Waals surface area contributed by atoms with E-state index in [-0.39, 0.29) is 30.3 Å². The van der Waals surface area contributed by atoms with Gasteiger partial charge >= 0.3 is 0 Å². The van der Waals surface area contributed by atoms with Gasteiger partial charge in [0.2, 0.25) is 15.7 Å². The molecule has 1 aliphatic heterocycles. The van der Waals surface area contributed by atoms with Gasteiger partial charge in [0.15, 0.2) is 5.82 Å². The summed E-state index contributed by atoms with van der Waals surface area (Å²) >= 11 is 0. The van der Waals surface area contributed by atoms with Crippen molar-refractivity contribution in [3.63, 3.8) is 0 Å². The second kappa shape index (κ2) is 6.05. The lowest BCUT2D eigenvalue weighted by atomic mass is 10.1. The van der Waals surface area contributed by atoms with E-state index in [0.717, 1.165) is 35.3 Å². The van der Waals surface area contributed by atoms with E-state index in [4.69, 9.17) is 4.52 Å². The Labute approximate surface area is 148 Å². The van der Waals surface area contributed by atoms with Crippen molar-refractivity contribution in [3.05, 3.63) is 47.1 Å². The van der Waals surface area contributed by atoms with Crippen LogP contribution >= 0.6 is 0 Å². The maximum atomic E-state index is 15.2. The topological polar surface area (TPSA) is 76.3 Å². The molecule has 10 heteroatoms.